The van der Waals surface area contributed by atoms with Gasteiger partial charge in [-0.05, 0) is 19.4 Å². The zero-order chi connectivity index (χ0) is 9.97. The third kappa shape index (κ3) is 2.01. The summed E-state index contributed by atoms with van der Waals surface area (Å²) in [5.74, 6) is 0.192. The van der Waals surface area contributed by atoms with Gasteiger partial charge in [-0.1, -0.05) is 0 Å². The molecule has 0 saturated carbocycles. The minimum absolute atomic E-state index is 0.192. The number of carbonyl (C=O) groups excluding carboxylic acids is 1. The van der Waals surface area contributed by atoms with E-state index in [-0.39, 0.29) is 5.78 Å². The van der Waals surface area contributed by atoms with E-state index >= 15 is 0 Å². The molecule has 1 N–H and O–H groups in total. The summed E-state index contributed by atoms with van der Waals surface area (Å²) in [7, 11) is 1.82. The topological polar surface area (TPSA) is 46.9 Å². The third-order valence-electron chi connectivity index (χ3n) is 2.62. The number of Topliss-reactive ketones (excluding diaryl/α,β-unsaturated/α-hetero) is 1. The Morgan fingerprint density at radius 1 is 1.79 bits per heavy atom. The maximum Gasteiger partial charge on any atom is 0.167 e. The number of aryl methyl sites for hydroxylation is 1. The molecule has 0 unspecified atom stereocenters. The number of hydrogen-bond donors (Lipinski definition) is 1. The summed E-state index contributed by atoms with van der Waals surface area (Å²) in [6.07, 6.45) is 6.32. The molecule has 0 bridgehead atoms. The van der Waals surface area contributed by atoms with Crippen LogP contribution >= 0.6 is 0 Å². The molecule has 0 radical (unpaired) electrons. The van der Waals surface area contributed by atoms with Crippen molar-refractivity contribution in [2.45, 2.75) is 25.3 Å². The first-order valence-corrected chi connectivity index (χ1v) is 5.01. The fourth-order valence-electron chi connectivity index (χ4n) is 1.84. The summed E-state index contributed by atoms with van der Waals surface area (Å²) in [5, 5.41) is 7.30. The van der Waals surface area contributed by atoms with Crippen molar-refractivity contribution in [3.63, 3.8) is 0 Å². The van der Waals surface area contributed by atoms with Crippen molar-refractivity contribution in [2.24, 2.45) is 7.05 Å². The van der Waals surface area contributed by atoms with Gasteiger partial charge < -0.3 is 5.32 Å². The van der Waals surface area contributed by atoms with Gasteiger partial charge in [0.25, 0.3) is 0 Å². The summed E-state index contributed by atoms with van der Waals surface area (Å²) in [5.41, 5.74) is 0.723. The molecular weight excluding hydrogens is 178 g/mol. The van der Waals surface area contributed by atoms with E-state index in [1.165, 1.54) is 6.42 Å². The van der Waals surface area contributed by atoms with E-state index in [0.29, 0.717) is 12.5 Å². The van der Waals surface area contributed by atoms with E-state index < -0.39 is 0 Å². The second-order valence-electron chi connectivity index (χ2n) is 3.82. The lowest BCUT2D eigenvalue weighted by Gasteiger charge is -2.06. The van der Waals surface area contributed by atoms with Crippen molar-refractivity contribution >= 4 is 5.78 Å². The molecule has 1 fully saturated rings. The van der Waals surface area contributed by atoms with Crippen LogP contribution in [-0.4, -0.2) is 28.2 Å². The minimum Gasteiger partial charge on any atom is -0.314 e. The first kappa shape index (κ1) is 9.40. The van der Waals surface area contributed by atoms with E-state index in [1.54, 1.807) is 17.1 Å². The maximum absolute atomic E-state index is 11.7. The van der Waals surface area contributed by atoms with Crippen molar-refractivity contribution in [3.8, 4) is 0 Å². The molecule has 2 rings (SSSR count). The number of hydrogen-bond acceptors (Lipinski definition) is 3. The van der Waals surface area contributed by atoms with Crippen molar-refractivity contribution in [2.75, 3.05) is 6.54 Å². The second kappa shape index (κ2) is 3.92. The lowest BCUT2D eigenvalue weighted by atomic mass is 10.1. The van der Waals surface area contributed by atoms with E-state index in [0.717, 1.165) is 18.5 Å². The average molecular weight is 193 g/mol. The summed E-state index contributed by atoms with van der Waals surface area (Å²) >= 11 is 0. The predicted octanol–water partition coefficient (Wildman–Crippen LogP) is 0.745. The molecule has 0 aliphatic carbocycles. The van der Waals surface area contributed by atoms with Crippen LogP contribution in [0.4, 0.5) is 0 Å². The molecule has 2 heterocycles. The Kier molecular flexibility index (Phi) is 2.63. The molecule has 0 amide bonds. The zero-order valence-electron chi connectivity index (χ0n) is 8.36. The van der Waals surface area contributed by atoms with Gasteiger partial charge in [0, 0.05) is 25.7 Å². The molecule has 1 aliphatic rings. The molecule has 0 aromatic carbocycles. The van der Waals surface area contributed by atoms with Gasteiger partial charge in [-0.2, -0.15) is 5.10 Å². The van der Waals surface area contributed by atoms with E-state index in [1.807, 2.05) is 7.05 Å². The van der Waals surface area contributed by atoms with Gasteiger partial charge in [0.2, 0.25) is 0 Å². The molecule has 76 valence electrons. The van der Waals surface area contributed by atoms with Gasteiger partial charge in [-0.25, -0.2) is 0 Å². The van der Waals surface area contributed by atoms with Crippen LogP contribution in [0.3, 0.4) is 0 Å². The van der Waals surface area contributed by atoms with Gasteiger partial charge >= 0.3 is 0 Å². The van der Waals surface area contributed by atoms with E-state index in [4.69, 9.17) is 0 Å². The van der Waals surface area contributed by atoms with Gasteiger partial charge in [0.05, 0.1) is 11.8 Å². The largest absolute Gasteiger partial charge is 0.314 e. The second-order valence-corrected chi connectivity index (χ2v) is 3.82. The van der Waals surface area contributed by atoms with Crippen LogP contribution in [0.15, 0.2) is 12.4 Å². The first-order valence-electron chi connectivity index (χ1n) is 5.01. The monoisotopic (exact) mass is 193 g/mol. The van der Waals surface area contributed by atoms with Crippen molar-refractivity contribution in [1.29, 1.82) is 0 Å². The molecule has 1 atom stereocenters. The fraction of sp³-hybridized carbons (Fsp3) is 0.600. The standard InChI is InChI=1S/C10H15N3O/c1-13-7-8(6-12-13)10(14)5-9-3-2-4-11-9/h6-7,9,11H,2-5H2,1H3/t9-/m1/s1. The smallest absolute Gasteiger partial charge is 0.167 e. The number of nitrogens with one attached hydrogen (secondary N) is 1. The third-order valence-corrected chi connectivity index (χ3v) is 2.62. The van der Waals surface area contributed by atoms with E-state index in [9.17, 15) is 4.79 Å². The van der Waals surface area contributed by atoms with Crippen LogP contribution in [0.25, 0.3) is 0 Å². The SMILES string of the molecule is Cn1cc(C(=O)C[C@H]2CCCN2)cn1. The highest BCUT2D eigenvalue weighted by atomic mass is 16.1. The number of nitrogens with zero attached hydrogens (tertiary/aromatic N) is 2. The lowest BCUT2D eigenvalue weighted by Crippen LogP contribution is -2.24. The molecule has 4 nitrogen and oxygen atoms in total. The average Bonchev–Trinajstić information content (AvgIpc) is 2.75. The van der Waals surface area contributed by atoms with Gasteiger partial charge in [0.15, 0.2) is 5.78 Å². The molecule has 1 aromatic rings. The molecule has 1 aliphatic heterocycles. The van der Waals surface area contributed by atoms with E-state index in [2.05, 4.69) is 10.4 Å². The van der Waals surface area contributed by atoms with Crippen LogP contribution in [0, 0.1) is 0 Å². The highest BCUT2D eigenvalue weighted by molar-refractivity contribution is 5.95. The summed E-state index contributed by atoms with van der Waals surface area (Å²) in [6.45, 7) is 1.05. The maximum atomic E-state index is 11.7. The summed E-state index contributed by atoms with van der Waals surface area (Å²) in [6, 6.07) is 0.378. The van der Waals surface area contributed by atoms with Gasteiger partial charge in [0.1, 0.15) is 0 Å². The first-order chi connectivity index (χ1) is 6.75. The Morgan fingerprint density at radius 3 is 3.21 bits per heavy atom. The molecular formula is C10H15N3O. The highest BCUT2D eigenvalue weighted by Crippen LogP contribution is 2.12. The fourth-order valence-corrected chi connectivity index (χ4v) is 1.84. The quantitative estimate of drug-likeness (QED) is 0.720. The number of rotatable bonds is 3. The molecule has 14 heavy (non-hydrogen) atoms. The molecule has 1 saturated heterocycles. The highest BCUT2D eigenvalue weighted by Gasteiger charge is 2.19. The molecule has 4 heteroatoms. The number of aromatic nitrogens is 2. The Morgan fingerprint density at radius 2 is 2.64 bits per heavy atom. The molecule has 0 spiro atoms. The Hall–Kier alpha value is -1.16. The lowest BCUT2D eigenvalue weighted by molar-refractivity contribution is 0.0971. The zero-order valence-corrected chi connectivity index (χ0v) is 8.36. The predicted molar refractivity (Wildman–Crippen MR) is 53.2 cm³/mol. The van der Waals surface area contributed by atoms with Crippen LogP contribution in [-0.2, 0) is 7.05 Å². The van der Waals surface area contributed by atoms with Crippen molar-refractivity contribution in [3.05, 3.63) is 18.0 Å². The Balaban J connectivity index is 1.95. The summed E-state index contributed by atoms with van der Waals surface area (Å²) < 4.78 is 1.66. The van der Waals surface area contributed by atoms with Gasteiger partial charge in [-0.15, -0.1) is 0 Å². The Bertz CT molecular complexity index is 326. The van der Waals surface area contributed by atoms with Crippen LogP contribution < -0.4 is 5.32 Å². The van der Waals surface area contributed by atoms with Crippen LogP contribution in [0.5, 0.6) is 0 Å². The van der Waals surface area contributed by atoms with Crippen molar-refractivity contribution < 1.29 is 4.79 Å². The number of carbonyl (C=O) groups is 1. The normalized spacial score (nSPS) is 21.4. The Labute approximate surface area is 83.3 Å². The number of ketones is 1. The molecule has 1 aromatic heterocycles. The minimum atomic E-state index is 0.192. The van der Waals surface area contributed by atoms with Crippen molar-refractivity contribution in [1.82, 2.24) is 15.1 Å². The summed E-state index contributed by atoms with van der Waals surface area (Å²) in [4.78, 5) is 11.7. The van der Waals surface area contributed by atoms with Crippen LogP contribution in [0.1, 0.15) is 29.6 Å². The van der Waals surface area contributed by atoms with Crippen LogP contribution in [0.2, 0.25) is 0 Å². The van der Waals surface area contributed by atoms with Gasteiger partial charge in [-0.3, -0.25) is 9.48 Å².